The molecule has 2 fully saturated rings. The molecule has 4 rings (SSSR count). The zero-order valence-corrected chi connectivity index (χ0v) is 15.2. The molecule has 0 radical (unpaired) electrons. The highest BCUT2D eigenvalue weighted by atomic mass is 35.5. The molecule has 2 aromatic carbocycles. The van der Waals surface area contributed by atoms with Crippen molar-refractivity contribution in [2.45, 2.75) is 42.8 Å². The number of esters is 1. The fraction of sp³-hybridized carbons (Fsp3) is 0.400. The fourth-order valence-electron chi connectivity index (χ4n) is 4.16. The molecule has 136 valence electrons. The molecule has 2 aromatic rings. The number of carbonyl (C=O) groups is 2. The van der Waals surface area contributed by atoms with Gasteiger partial charge in [0, 0.05) is 17.8 Å². The van der Waals surface area contributed by atoms with Gasteiger partial charge in [-0.3, -0.25) is 4.90 Å². The van der Waals surface area contributed by atoms with Crippen molar-refractivity contribution in [3.05, 3.63) is 48.0 Å². The zero-order valence-electron chi connectivity index (χ0n) is 14.4. The molecule has 2 aliphatic heterocycles. The summed E-state index contributed by atoms with van der Waals surface area (Å²) in [6.45, 7) is 0. The predicted octanol–water partition coefficient (Wildman–Crippen LogP) is 3.98. The number of carbonyl (C=O) groups excluding carboxylic acids is 2. The second-order valence-electron chi connectivity index (χ2n) is 6.91. The van der Waals surface area contributed by atoms with Gasteiger partial charge in [0.15, 0.2) is 0 Å². The van der Waals surface area contributed by atoms with Crippen LogP contribution in [0.25, 0.3) is 10.8 Å². The summed E-state index contributed by atoms with van der Waals surface area (Å²) in [7, 11) is 1.37. The van der Waals surface area contributed by atoms with E-state index in [0.717, 1.165) is 10.8 Å². The van der Waals surface area contributed by atoms with E-state index in [1.165, 1.54) is 7.11 Å². The minimum atomic E-state index is -0.382. The smallest absolute Gasteiger partial charge is 0.410 e. The predicted molar refractivity (Wildman–Crippen MR) is 98.5 cm³/mol. The third-order valence-corrected chi connectivity index (χ3v) is 5.69. The number of methoxy groups -OCH3 is 1. The third-order valence-electron chi connectivity index (χ3n) is 5.34. The lowest BCUT2D eigenvalue weighted by Crippen LogP contribution is -2.49. The number of amides is 1. The summed E-state index contributed by atoms with van der Waals surface area (Å²) in [5, 5.41) is 2.04. The number of hydrogen-bond donors (Lipinski definition) is 0. The fourth-order valence-corrected chi connectivity index (χ4v) is 4.54. The van der Waals surface area contributed by atoms with Crippen molar-refractivity contribution < 1.29 is 19.1 Å². The Balaban J connectivity index is 1.54. The van der Waals surface area contributed by atoms with Gasteiger partial charge in [-0.05, 0) is 35.7 Å². The molecule has 2 saturated heterocycles. The Bertz CT molecular complexity index is 855. The Morgan fingerprint density at radius 1 is 1.08 bits per heavy atom. The van der Waals surface area contributed by atoms with E-state index in [0.29, 0.717) is 24.8 Å². The van der Waals surface area contributed by atoms with Crippen molar-refractivity contribution in [1.29, 1.82) is 0 Å². The van der Waals surface area contributed by atoms with Crippen LogP contribution in [0.15, 0.2) is 42.5 Å². The molecule has 0 unspecified atom stereocenters. The van der Waals surface area contributed by atoms with E-state index in [1.54, 1.807) is 11.0 Å². The van der Waals surface area contributed by atoms with E-state index in [-0.39, 0.29) is 35.6 Å². The first-order chi connectivity index (χ1) is 12.6. The largest absolute Gasteiger partial charge is 0.456 e. The molecule has 6 heteroatoms. The number of hydrogen-bond acceptors (Lipinski definition) is 4. The number of rotatable bonds is 2. The maximum Gasteiger partial charge on any atom is 0.410 e. The van der Waals surface area contributed by atoms with Crippen molar-refractivity contribution >= 4 is 34.4 Å². The van der Waals surface area contributed by atoms with E-state index in [1.807, 2.05) is 36.4 Å². The lowest BCUT2D eigenvalue weighted by atomic mass is 10.0. The van der Waals surface area contributed by atoms with Gasteiger partial charge in [-0.2, -0.15) is 0 Å². The van der Waals surface area contributed by atoms with Crippen LogP contribution in [0.3, 0.4) is 0 Å². The first kappa shape index (κ1) is 17.2. The Morgan fingerprint density at radius 2 is 1.85 bits per heavy atom. The molecule has 0 spiro atoms. The number of ether oxygens (including phenoxy) is 2. The van der Waals surface area contributed by atoms with Gasteiger partial charge in [0.2, 0.25) is 0 Å². The summed E-state index contributed by atoms with van der Waals surface area (Å²) in [5.74, 6) is -0.371. The molecule has 2 bridgehead atoms. The van der Waals surface area contributed by atoms with Crippen LogP contribution in [0.1, 0.15) is 29.6 Å². The monoisotopic (exact) mass is 373 g/mol. The number of piperidine rings is 1. The molecular formula is C20H20ClNO4. The summed E-state index contributed by atoms with van der Waals surface area (Å²) in [6.07, 6.45) is 1.15. The van der Waals surface area contributed by atoms with Crippen LogP contribution in [0.2, 0.25) is 0 Å². The van der Waals surface area contributed by atoms with Gasteiger partial charge in [0.05, 0.1) is 18.7 Å². The SMILES string of the molecule is COC(=O)N1[C@@H]2C[C@H](Cl)C[C@H]1[C@H](OC(=O)c1ccc3ccccc3c1)C2. The second-order valence-corrected chi connectivity index (χ2v) is 7.53. The van der Waals surface area contributed by atoms with Gasteiger partial charge in [0.1, 0.15) is 6.10 Å². The summed E-state index contributed by atoms with van der Waals surface area (Å²) in [5.41, 5.74) is 0.511. The van der Waals surface area contributed by atoms with Crippen LogP contribution < -0.4 is 0 Å². The van der Waals surface area contributed by atoms with Gasteiger partial charge < -0.3 is 9.47 Å². The number of nitrogens with zero attached hydrogens (tertiary/aromatic N) is 1. The maximum atomic E-state index is 12.7. The van der Waals surface area contributed by atoms with E-state index >= 15 is 0 Å². The van der Waals surface area contributed by atoms with Crippen LogP contribution in [0.5, 0.6) is 0 Å². The first-order valence-corrected chi connectivity index (χ1v) is 9.20. The van der Waals surface area contributed by atoms with Crippen LogP contribution >= 0.6 is 11.6 Å². The number of fused-ring (bicyclic) bond motifs is 3. The van der Waals surface area contributed by atoms with Crippen molar-refractivity contribution in [3.63, 3.8) is 0 Å². The second kappa shape index (κ2) is 6.80. The molecule has 2 heterocycles. The Morgan fingerprint density at radius 3 is 2.62 bits per heavy atom. The third kappa shape index (κ3) is 3.01. The molecule has 4 atom stereocenters. The number of benzene rings is 2. The highest BCUT2D eigenvalue weighted by Gasteiger charge is 2.50. The zero-order chi connectivity index (χ0) is 18.3. The minimum absolute atomic E-state index is 0.0183. The quantitative estimate of drug-likeness (QED) is 0.590. The standard InChI is InChI=1S/C20H20ClNO4/c1-25-20(24)22-16-9-15(21)10-17(22)18(11-16)26-19(23)14-7-6-12-4-2-3-5-13(12)8-14/h2-8,15-18H,9-11H2,1H3/t15-,16+,17-,18+/m0/s1. The topological polar surface area (TPSA) is 55.8 Å². The molecule has 2 aliphatic rings. The number of halogens is 1. The van der Waals surface area contributed by atoms with Crippen LogP contribution in [-0.2, 0) is 9.47 Å². The Hall–Kier alpha value is -2.27. The lowest BCUT2D eigenvalue weighted by molar-refractivity contribution is 0.0164. The maximum absolute atomic E-state index is 12.7. The molecule has 0 aromatic heterocycles. The lowest BCUT2D eigenvalue weighted by Gasteiger charge is -2.36. The van der Waals surface area contributed by atoms with Gasteiger partial charge in [-0.1, -0.05) is 30.3 Å². The molecular weight excluding hydrogens is 354 g/mol. The summed E-state index contributed by atoms with van der Waals surface area (Å²) < 4.78 is 10.7. The highest BCUT2D eigenvalue weighted by Crippen LogP contribution is 2.40. The summed E-state index contributed by atoms with van der Waals surface area (Å²) >= 11 is 6.32. The van der Waals surface area contributed by atoms with Crippen molar-refractivity contribution in [3.8, 4) is 0 Å². The average molecular weight is 374 g/mol. The molecule has 0 saturated carbocycles. The van der Waals surface area contributed by atoms with Crippen LogP contribution in [0, 0.1) is 0 Å². The highest BCUT2D eigenvalue weighted by molar-refractivity contribution is 6.20. The van der Waals surface area contributed by atoms with E-state index < -0.39 is 0 Å². The number of alkyl halides is 1. The molecule has 26 heavy (non-hydrogen) atoms. The Kier molecular flexibility index (Phi) is 4.49. The van der Waals surface area contributed by atoms with E-state index in [4.69, 9.17) is 21.1 Å². The molecule has 5 nitrogen and oxygen atoms in total. The minimum Gasteiger partial charge on any atom is -0.456 e. The van der Waals surface area contributed by atoms with Gasteiger partial charge in [-0.25, -0.2) is 9.59 Å². The van der Waals surface area contributed by atoms with Gasteiger partial charge >= 0.3 is 12.1 Å². The van der Waals surface area contributed by atoms with Crippen LogP contribution in [-0.4, -0.2) is 47.6 Å². The Labute approximate surface area is 156 Å². The first-order valence-electron chi connectivity index (χ1n) is 8.77. The van der Waals surface area contributed by atoms with Crippen LogP contribution in [0.4, 0.5) is 4.79 Å². The average Bonchev–Trinajstić information content (AvgIpc) is 2.87. The molecule has 1 amide bonds. The molecule has 0 aliphatic carbocycles. The van der Waals surface area contributed by atoms with Gasteiger partial charge in [0.25, 0.3) is 0 Å². The van der Waals surface area contributed by atoms with Crippen molar-refractivity contribution in [1.82, 2.24) is 4.90 Å². The van der Waals surface area contributed by atoms with E-state index in [9.17, 15) is 9.59 Å². The normalized spacial score (nSPS) is 27.4. The molecule has 0 N–H and O–H groups in total. The summed E-state index contributed by atoms with van der Waals surface area (Å²) in [6, 6.07) is 13.1. The van der Waals surface area contributed by atoms with Gasteiger partial charge in [-0.15, -0.1) is 11.6 Å². The van der Waals surface area contributed by atoms with Crippen molar-refractivity contribution in [2.75, 3.05) is 7.11 Å². The summed E-state index contributed by atoms with van der Waals surface area (Å²) in [4.78, 5) is 26.5. The van der Waals surface area contributed by atoms with E-state index in [2.05, 4.69) is 0 Å². The van der Waals surface area contributed by atoms with Crippen molar-refractivity contribution in [2.24, 2.45) is 0 Å².